The zero-order chi connectivity index (χ0) is 36.0. The number of aromatic nitrogens is 4. The number of furan rings is 2. The Kier molecular flexibility index (Phi) is 6.24. The highest BCUT2D eigenvalue weighted by Gasteiger charge is 2.21. The molecule has 0 aliphatic heterocycles. The van der Waals surface area contributed by atoms with Gasteiger partial charge in [-0.3, -0.25) is 0 Å². The minimum Gasteiger partial charge on any atom is -0.456 e. The van der Waals surface area contributed by atoms with Crippen molar-refractivity contribution in [3.63, 3.8) is 0 Å². The van der Waals surface area contributed by atoms with Crippen LogP contribution in [-0.2, 0) is 0 Å². The highest BCUT2D eigenvalue weighted by Crippen LogP contribution is 2.40. The van der Waals surface area contributed by atoms with Crippen LogP contribution in [0.15, 0.2) is 179 Å². The van der Waals surface area contributed by atoms with E-state index in [4.69, 9.17) is 23.8 Å². The first-order valence-corrected chi connectivity index (χ1v) is 18.4. The molecule has 0 aliphatic carbocycles. The molecule has 0 saturated heterocycles. The maximum Gasteiger partial charge on any atom is 0.164 e. The van der Waals surface area contributed by atoms with Gasteiger partial charge < -0.3 is 13.4 Å². The Bertz CT molecular complexity index is 3380. The second-order valence-electron chi connectivity index (χ2n) is 13.9. The number of hydrogen-bond acceptors (Lipinski definition) is 5. The number of fused-ring (bicyclic) bond motifs is 11. The summed E-state index contributed by atoms with van der Waals surface area (Å²) in [6, 6.07) is 58.6. The second kappa shape index (κ2) is 11.5. The number of benzene rings is 8. The Hall–Kier alpha value is -7.57. The highest BCUT2D eigenvalue weighted by molar-refractivity contribution is 6.19. The summed E-state index contributed by atoms with van der Waals surface area (Å²) in [5, 5.41) is 8.79. The summed E-state index contributed by atoms with van der Waals surface area (Å²) >= 11 is 0. The Morgan fingerprint density at radius 2 is 0.927 bits per heavy atom. The summed E-state index contributed by atoms with van der Waals surface area (Å²) in [5.41, 5.74) is 9.17. The predicted octanol–water partition coefficient (Wildman–Crippen LogP) is 12.9. The smallest absolute Gasteiger partial charge is 0.164 e. The molecular formula is C49H28N4O2. The van der Waals surface area contributed by atoms with Gasteiger partial charge in [0, 0.05) is 60.1 Å². The first-order valence-electron chi connectivity index (χ1n) is 18.4. The van der Waals surface area contributed by atoms with E-state index in [0.717, 1.165) is 71.8 Å². The van der Waals surface area contributed by atoms with Crippen LogP contribution in [0.1, 0.15) is 0 Å². The lowest BCUT2D eigenvalue weighted by atomic mass is 10.0. The molecule has 0 bridgehead atoms. The third kappa shape index (κ3) is 4.46. The van der Waals surface area contributed by atoms with Crippen molar-refractivity contribution in [2.75, 3.05) is 0 Å². The second-order valence-corrected chi connectivity index (χ2v) is 13.9. The van der Waals surface area contributed by atoms with Gasteiger partial charge in [-0.2, -0.15) is 0 Å². The standard InChI is InChI=1S/C49H28N4O2/c1-2-15-32-29(12-1)26-27-34-33-16-3-6-21-39(33)53(46(32)34)31-14-9-13-30(28-31)47-50-48(37-19-10-24-42-44(37)35-17-4-7-22-40(35)54-42)52-49(51-47)38-20-11-25-43-45(38)36-18-5-8-23-41(36)55-43/h1-28H. The Morgan fingerprint density at radius 3 is 1.62 bits per heavy atom. The van der Waals surface area contributed by atoms with Crippen LogP contribution in [0.4, 0.5) is 0 Å². The van der Waals surface area contributed by atoms with Gasteiger partial charge in [-0.1, -0.05) is 127 Å². The summed E-state index contributed by atoms with van der Waals surface area (Å²) in [6.07, 6.45) is 0. The van der Waals surface area contributed by atoms with Gasteiger partial charge in [-0.25, -0.2) is 15.0 Å². The molecule has 0 unspecified atom stereocenters. The summed E-state index contributed by atoms with van der Waals surface area (Å²) in [4.78, 5) is 15.8. The van der Waals surface area contributed by atoms with E-state index in [1.165, 1.54) is 27.1 Å². The lowest BCUT2D eigenvalue weighted by Gasteiger charge is -2.13. The molecule has 12 rings (SSSR count). The van der Waals surface area contributed by atoms with Crippen molar-refractivity contribution in [3.8, 4) is 39.9 Å². The molecule has 6 heteroatoms. The van der Waals surface area contributed by atoms with Gasteiger partial charge in [-0.05, 0) is 47.9 Å². The molecule has 0 atom stereocenters. The van der Waals surface area contributed by atoms with Crippen LogP contribution in [0.2, 0.25) is 0 Å². The van der Waals surface area contributed by atoms with Crippen molar-refractivity contribution in [2.45, 2.75) is 0 Å². The molecule has 0 spiro atoms. The van der Waals surface area contributed by atoms with Crippen molar-refractivity contribution in [1.29, 1.82) is 0 Å². The van der Waals surface area contributed by atoms with Crippen LogP contribution in [0.3, 0.4) is 0 Å². The Labute approximate surface area is 313 Å². The van der Waals surface area contributed by atoms with E-state index in [1.54, 1.807) is 0 Å². The molecule has 0 aliphatic rings. The fourth-order valence-corrected chi connectivity index (χ4v) is 8.45. The molecule has 6 nitrogen and oxygen atoms in total. The molecule has 0 saturated carbocycles. The van der Waals surface area contributed by atoms with Gasteiger partial charge in [0.15, 0.2) is 17.5 Å². The topological polar surface area (TPSA) is 69.9 Å². The van der Waals surface area contributed by atoms with E-state index >= 15 is 0 Å². The zero-order valence-corrected chi connectivity index (χ0v) is 29.3. The van der Waals surface area contributed by atoms with Crippen LogP contribution < -0.4 is 0 Å². The van der Waals surface area contributed by atoms with Crippen LogP contribution in [0.25, 0.3) is 116 Å². The number of hydrogen-bond donors (Lipinski definition) is 0. The van der Waals surface area contributed by atoms with E-state index in [1.807, 2.05) is 60.7 Å². The first kappa shape index (κ1) is 29.9. The van der Waals surface area contributed by atoms with E-state index in [2.05, 4.69) is 114 Å². The summed E-state index contributed by atoms with van der Waals surface area (Å²) < 4.78 is 15.0. The average Bonchev–Trinajstić information content (AvgIpc) is 3.93. The van der Waals surface area contributed by atoms with Crippen molar-refractivity contribution in [2.24, 2.45) is 0 Å². The van der Waals surface area contributed by atoms with Crippen molar-refractivity contribution >= 4 is 76.5 Å². The van der Waals surface area contributed by atoms with Gasteiger partial charge in [-0.15, -0.1) is 0 Å². The van der Waals surface area contributed by atoms with Crippen LogP contribution >= 0.6 is 0 Å². The van der Waals surface area contributed by atoms with Crippen LogP contribution in [0, 0.1) is 0 Å². The van der Waals surface area contributed by atoms with E-state index in [9.17, 15) is 0 Å². The molecular weight excluding hydrogens is 677 g/mol. The Morgan fingerprint density at radius 1 is 0.382 bits per heavy atom. The molecule has 0 fully saturated rings. The van der Waals surface area contributed by atoms with Gasteiger partial charge in [0.2, 0.25) is 0 Å². The minimum absolute atomic E-state index is 0.565. The molecule has 0 N–H and O–H groups in total. The van der Waals surface area contributed by atoms with Gasteiger partial charge in [0.05, 0.1) is 11.0 Å². The molecule has 0 radical (unpaired) electrons. The molecule has 4 aromatic heterocycles. The summed E-state index contributed by atoms with van der Waals surface area (Å²) in [6.45, 7) is 0. The lowest BCUT2D eigenvalue weighted by molar-refractivity contribution is 0.668. The fourth-order valence-electron chi connectivity index (χ4n) is 8.45. The number of para-hydroxylation sites is 3. The van der Waals surface area contributed by atoms with Crippen LogP contribution in [0.5, 0.6) is 0 Å². The fraction of sp³-hybridized carbons (Fsp3) is 0. The first-order chi connectivity index (χ1) is 27.3. The number of nitrogens with zero attached hydrogens (tertiary/aromatic N) is 4. The number of rotatable bonds is 4. The maximum absolute atomic E-state index is 6.31. The predicted molar refractivity (Wildman–Crippen MR) is 223 cm³/mol. The minimum atomic E-state index is 0.565. The van der Waals surface area contributed by atoms with Gasteiger partial charge in [0.25, 0.3) is 0 Å². The molecule has 0 amide bonds. The lowest BCUT2D eigenvalue weighted by Crippen LogP contribution is -2.01. The van der Waals surface area contributed by atoms with Crippen LogP contribution in [-0.4, -0.2) is 19.5 Å². The van der Waals surface area contributed by atoms with E-state index < -0.39 is 0 Å². The molecule has 256 valence electrons. The third-order valence-corrected chi connectivity index (χ3v) is 10.8. The quantitative estimate of drug-likeness (QED) is 0.182. The largest absolute Gasteiger partial charge is 0.456 e. The summed E-state index contributed by atoms with van der Waals surface area (Å²) in [5.74, 6) is 1.70. The van der Waals surface area contributed by atoms with Gasteiger partial charge >= 0.3 is 0 Å². The van der Waals surface area contributed by atoms with Crippen molar-refractivity contribution < 1.29 is 8.83 Å². The summed E-state index contributed by atoms with van der Waals surface area (Å²) in [7, 11) is 0. The van der Waals surface area contributed by atoms with Crippen molar-refractivity contribution in [1.82, 2.24) is 19.5 Å². The molecule has 8 aromatic carbocycles. The zero-order valence-electron chi connectivity index (χ0n) is 29.3. The highest BCUT2D eigenvalue weighted by atomic mass is 16.3. The monoisotopic (exact) mass is 704 g/mol. The van der Waals surface area contributed by atoms with E-state index in [0.29, 0.717) is 17.5 Å². The maximum atomic E-state index is 6.31. The molecule has 4 heterocycles. The third-order valence-electron chi connectivity index (χ3n) is 10.8. The average molecular weight is 705 g/mol. The molecule has 12 aromatic rings. The SMILES string of the molecule is c1cc(-c2nc(-c3cccc4oc5ccccc5c34)nc(-c3cccc4oc5ccccc5c34)n2)cc(-n2c3ccccc3c3ccc4ccccc4c32)c1. The Balaban J connectivity index is 1.14. The van der Waals surface area contributed by atoms with E-state index in [-0.39, 0.29) is 0 Å². The normalized spacial score (nSPS) is 12.0. The molecule has 55 heavy (non-hydrogen) atoms. The van der Waals surface area contributed by atoms with Crippen molar-refractivity contribution in [3.05, 3.63) is 170 Å². The van der Waals surface area contributed by atoms with Gasteiger partial charge in [0.1, 0.15) is 22.3 Å².